The number of hydrogen-bond acceptors (Lipinski definition) is 2. The first kappa shape index (κ1) is 29.8. The molecule has 9 aromatic carbocycles. The third-order valence-corrected chi connectivity index (χ3v) is 12.1. The van der Waals surface area contributed by atoms with Crippen molar-refractivity contribution >= 4 is 87.2 Å². The Hall–Kier alpha value is -5.07. The summed E-state index contributed by atoms with van der Waals surface area (Å²) in [6, 6.07) is 36.6. The second kappa shape index (κ2) is 10.7. The second-order valence-electron chi connectivity index (χ2n) is 13.9. The van der Waals surface area contributed by atoms with Crippen LogP contribution in [-0.4, -0.2) is 4.57 Å². The zero-order chi connectivity index (χ0) is 34.0. The lowest BCUT2D eigenvalue weighted by molar-refractivity contribution is 0.796. The van der Waals surface area contributed by atoms with Crippen molar-refractivity contribution < 1.29 is 0 Å². The minimum absolute atomic E-state index is 0.243. The summed E-state index contributed by atoms with van der Waals surface area (Å²) in [5.74, 6) is 0. The normalized spacial score (nSPS) is 12.4. The maximum Gasteiger partial charge on any atom is 0.266 e. The quantitative estimate of drug-likeness (QED) is 0.125. The van der Waals surface area contributed by atoms with Crippen LogP contribution < -0.4 is 11.1 Å². The Bertz CT molecular complexity index is 3080. The van der Waals surface area contributed by atoms with Gasteiger partial charge in [-0.15, -0.1) is 0 Å². The first-order chi connectivity index (χ1) is 24.4. The van der Waals surface area contributed by atoms with Crippen LogP contribution in [0.1, 0.15) is 36.5 Å². The van der Waals surface area contributed by atoms with E-state index in [4.69, 9.17) is 0 Å². The van der Waals surface area contributed by atoms with Crippen LogP contribution in [0.3, 0.4) is 0 Å². The Kier molecular flexibility index (Phi) is 6.39. The monoisotopic (exact) mass is 757 g/mol. The fourth-order valence-corrected chi connectivity index (χ4v) is 9.72. The fourth-order valence-electron chi connectivity index (χ4n) is 9.04. The van der Waals surface area contributed by atoms with Gasteiger partial charge in [0.25, 0.3) is 11.1 Å². The number of unbranched alkanes of at least 4 members (excludes halogenated alkanes) is 1. The number of fused-ring (bicyclic) bond motifs is 3. The van der Waals surface area contributed by atoms with Gasteiger partial charge >= 0.3 is 0 Å². The van der Waals surface area contributed by atoms with Crippen LogP contribution in [0.2, 0.25) is 0 Å². The van der Waals surface area contributed by atoms with Crippen LogP contribution in [0.25, 0.3) is 92.6 Å². The maximum atomic E-state index is 15.0. The van der Waals surface area contributed by atoms with E-state index in [0.29, 0.717) is 16.5 Å². The highest BCUT2D eigenvalue weighted by molar-refractivity contribution is 14.1. The SMILES string of the molecule is CCCCc1ccccc1-c1cc2c3c(=O)n(-c4c(C)cccc4C)c(=O)c3c3cc(-c4ccccc4I)c4ccc5ccc1c1c5c4c3c21. The summed E-state index contributed by atoms with van der Waals surface area (Å²) in [5, 5.41) is 12.1. The van der Waals surface area contributed by atoms with Crippen molar-refractivity contribution in [3.63, 3.8) is 0 Å². The summed E-state index contributed by atoms with van der Waals surface area (Å²) in [5.41, 5.74) is 7.85. The molecule has 0 aliphatic heterocycles. The molecule has 0 saturated carbocycles. The number of benzene rings is 8. The highest BCUT2D eigenvalue weighted by Gasteiger charge is 2.30. The van der Waals surface area contributed by atoms with Crippen LogP contribution >= 0.6 is 22.6 Å². The number of rotatable bonds is 6. The molecule has 0 aliphatic rings. The van der Waals surface area contributed by atoms with Crippen LogP contribution in [-0.2, 0) is 6.42 Å². The Morgan fingerprint density at radius 1 is 0.540 bits per heavy atom. The van der Waals surface area contributed by atoms with Crippen LogP contribution in [0.15, 0.2) is 113 Å². The van der Waals surface area contributed by atoms with Crippen LogP contribution in [0, 0.1) is 17.4 Å². The van der Waals surface area contributed by atoms with Crippen molar-refractivity contribution in [1.82, 2.24) is 4.57 Å². The third kappa shape index (κ3) is 3.80. The molecule has 0 saturated heterocycles. The molecule has 3 nitrogen and oxygen atoms in total. The molecule has 10 rings (SSSR count). The van der Waals surface area contributed by atoms with Gasteiger partial charge in [-0.3, -0.25) is 9.59 Å². The van der Waals surface area contributed by atoms with Gasteiger partial charge in [-0.2, -0.15) is 0 Å². The van der Waals surface area contributed by atoms with Crippen molar-refractivity contribution in [3.05, 3.63) is 144 Å². The van der Waals surface area contributed by atoms with E-state index in [0.717, 1.165) is 72.2 Å². The number of halogens is 1. The fraction of sp³-hybridized carbons (Fsp3) is 0.130. The smallest absolute Gasteiger partial charge is 0.266 e. The van der Waals surface area contributed by atoms with E-state index in [2.05, 4.69) is 114 Å². The molecule has 240 valence electrons. The molecular formula is C46H32INO2. The van der Waals surface area contributed by atoms with Crippen molar-refractivity contribution in [2.75, 3.05) is 0 Å². The van der Waals surface area contributed by atoms with E-state index in [1.807, 2.05) is 32.0 Å². The number of aryl methyl sites for hydroxylation is 3. The highest BCUT2D eigenvalue weighted by Crippen LogP contribution is 2.54. The molecule has 1 heterocycles. The average molecular weight is 758 g/mol. The van der Waals surface area contributed by atoms with E-state index >= 15 is 4.79 Å². The molecule has 0 amide bonds. The molecule has 0 unspecified atom stereocenters. The van der Waals surface area contributed by atoms with Crippen LogP contribution in [0.4, 0.5) is 0 Å². The van der Waals surface area contributed by atoms with Gasteiger partial charge < -0.3 is 0 Å². The first-order valence-electron chi connectivity index (χ1n) is 17.5. The van der Waals surface area contributed by atoms with Gasteiger partial charge in [0.05, 0.1) is 16.5 Å². The molecule has 1 aromatic heterocycles. The number of nitrogens with zero attached hydrogens (tertiary/aromatic N) is 1. The Labute approximate surface area is 302 Å². The molecule has 0 spiro atoms. The van der Waals surface area contributed by atoms with E-state index in [1.165, 1.54) is 48.0 Å². The lowest BCUT2D eigenvalue weighted by Gasteiger charge is -2.15. The lowest BCUT2D eigenvalue weighted by Crippen LogP contribution is -2.25. The van der Waals surface area contributed by atoms with Gasteiger partial charge in [0, 0.05) is 3.57 Å². The second-order valence-corrected chi connectivity index (χ2v) is 15.1. The Morgan fingerprint density at radius 3 is 1.68 bits per heavy atom. The van der Waals surface area contributed by atoms with E-state index in [9.17, 15) is 4.79 Å². The number of hydrogen-bond donors (Lipinski definition) is 0. The summed E-state index contributed by atoms with van der Waals surface area (Å²) in [7, 11) is 0. The standard InChI is InChI=1S/C46H32INO2/c1-4-5-13-26-14-6-7-15-28(26)32-22-34-40-38-30(32)20-18-27-19-21-31-33(29-16-8-9-17-36(29)47)23-35(41(40)39(31)37(27)38)43-42(34)45(49)48(46(43)50)44-24(2)11-10-12-25(44)3/h6-12,14-23H,4-5,13H2,1-3H3. The molecule has 0 aliphatic carbocycles. The molecule has 0 atom stereocenters. The Morgan fingerprint density at radius 2 is 1.08 bits per heavy atom. The van der Waals surface area contributed by atoms with E-state index < -0.39 is 0 Å². The summed E-state index contributed by atoms with van der Waals surface area (Å²) in [6.07, 6.45) is 3.20. The number of aromatic nitrogens is 1. The van der Waals surface area contributed by atoms with Gasteiger partial charge in [0.15, 0.2) is 0 Å². The maximum absolute atomic E-state index is 15.0. The minimum atomic E-state index is -0.245. The largest absolute Gasteiger partial charge is 0.268 e. The van der Waals surface area contributed by atoms with E-state index in [-0.39, 0.29) is 11.1 Å². The molecule has 0 radical (unpaired) electrons. The summed E-state index contributed by atoms with van der Waals surface area (Å²) in [6.45, 7) is 6.20. The minimum Gasteiger partial charge on any atom is -0.268 e. The molecule has 4 heteroatoms. The summed E-state index contributed by atoms with van der Waals surface area (Å²) >= 11 is 2.42. The zero-order valence-corrected chi connectivity index (χ0v) is 30.2. The average Bonchev–Trinajstić information content (AvgIpc) is 3.62. The molecule has 0 fully saturated rings. The van der Waals surface area contributed by atoms with Crippen molar-refractivity contribution in [1.29, 1.82) is 0 Å². The van der Waals surface area contributed by atoms with Crippen LogP contribution in [0.5, 0.6) is 0 Å². The van der Waals surface area contributed by atoms with Gasteiger partial charge in [-0.05, 0) is 160 Å². The molecule has 50 heavy (non-hydrogen) atoms. The lowest BCUT2D eigenvalue weighted by atomic mass is 9.87. The highest BCUT2D eigenvalue weighted by atomic mass is 127. The molecular weight excluding hydrogens is 725 g/mol. The van der Waals surface area contributed by atoms with E-state index in [1.54, 1.807) is 0 Å². The molecule has 0 bridgehead atoms. The van der Waals surface area contributed by atoms with Gasteiger partial charge in [-0.1, -0.05) is 98.3 Å². The third-order valence-electron chi connectivity index (χ3n) is 11.2. The predicted molar refractivity (Wildman–Crippen MR) is 220 cm³/mol. The van der Waals surface area contributed by atoms with Gasteiger partial charge in [0.2, 0.25) is 0 Å². The number of para-hydroxylation sites is 1. The Balaban J connectivity index is 1.50. The van der Waals surface area contributed by atoms with Gasteiger partial charge in [0.1, 0.15) is 0 Å². The summed E-state index contributed by atoms with van der Waals surface area (Å²) < 4.78 is 2.60. The predicted octanol–water partition coefficient (Wildman–Crippen LogP) is 11.8. The molecule has 10 aromatic rings. The van der Waals surface area contributed by atoms with Crippen molar-refractivity contribution in [3.8, 4) is 27.9 Å². The molecule has 0 N–H and O–H groups in total. The van der Waals surface area contributed by atoms with Gasteiger partial charge in [-0.25, -0.2) is 4.57 Å². The topological polar surface area (TPSA) is 39.1 Å². The van der Waals surface area contributed by atoms with Crippen molar-refractivity contribution in [2.45, 2.75) is 40.0 Å². The summed E-state index contributed by atoms with van der Waals surface area (Å²) in [4.78, 5) is 30.0. The first-order valence-corrected chi connectivity index (χ1v) is 18.5. The zero-order valence-electron chi connectivity index (χ0n) is 28.1. The van der Waals surface area contributed by atoms with Crippen molar-refractivity contribution in [2.24, 2.45) is 0 Å².